The Morgan fingerprint density at radius 3 is 2.42 bits per heavy atom. The Morgan fingerprint density at radius 2 is 1.79 bits per heavy atom. The van der Waals surface area contributed by atoms with Gasteiger partial charge in [0.25, 0.3) is 0 Å². The molecule has 0 spiro atoms. The number of benzene rings is 1. The zero-order chi connectivity index (χ0) is 17.3. The van der Waals surface area contributed by atoms with Crippen molar-refractivity contribution >= 4 is 11.6 Å². The number of alkyl halides is 3. The molecule has 5 nitrogen and oxygen atoms in total. The highest BCUT2D eigenvalue weighted by Crippen LogP contribution is 2.26. The summed E-state index contributed by atoms with van der Waals surface area (Å²) in [4.78, 5) is 15.9. The number of halogens is 3. The summed E-state index contributed by atoms with van der Waals surface area (Å²) in [5.74, 6) is -0.774. The third kappa shape index (κ3) is 3.32. The lowest BCUT2D eigenvalue weighted by molar-refractivity contribution is -0.274. The van der Waals surface area contributed by atoms with E-state index < -0.39 is 12.3 Å². The quantitative estimate of drug-likeness (QED) is 0.685. The number of carbonyl (C=O) groups is 1. The van der Waals surface area contributed by atoms with Gasteiger partial charge in [-0.2, -0.15) is 0 Å². The van der Waals surface area contributed by atoms with Crippen molar-refractivity contribution in [3.8, 4) is 17.0 Å². The van der Waals surface area contributed by atoms with Crippen molar-refractivity contribution in [2.75, 3.05) is 7.11 Å². The maximum atomic E-state index is 12.2. The van der Waals surface area contributed by atoms with Crippen molar-refractivity contribution in [1.29, 1.82) is 0 Å². The van der Waals surface area contributed by atoms with Crippen molar-refractivity contribution in [2.24, 2.45) is 0 Å². The van der Waals surface area contributed by atoms with Crippen molar-refractivity contribution in [3.63, 3.8) is 0 Å². The summed E-state index contributed by atoms with van der Waals surface area (Å²) in [6, 6.07) is 8.61. The van der Waals surface area contributed by atoms with Gasteiger partial charge in [-0.25, -0.2) is 9.78 Å². The Labute approximate surface area is 134 Å². The predicted octanol–water partition coefficient (Wildman–Crippen LogP) is 3.69. The summed E-state index contributed by atoms with van der Waals surface area (Å²) in [6.45, 7) is 0. The second-order valence-electron chi connectivity index (χ2n) is 4.87. The molecule has 0 saturated heterocycles. The average molecular weight is 336 g/mol. The van der Waals surface area contributed by atoms with E-state index in [2.05, 4.69) is 14.5 Å². The molecule has 0 aliphatic heterocycles. The van der Waals surface area contributed by atoms with E-state index in [4.69, 9.17) is 0 Å². The lowest BCUT2D eigenvalue weighted by Crippen LogP contribution is -2.16. The van der Waals surface area contributed by atoms with Crippen LogP contribution in [0.1, 0.15) is 10.4 Å². The Kier molecular flexibility index (Phi) is 3.88. The van der Waals surface area contributed by atoms with Gasteiger partial charge in [0.05, 0.1) is 18.4 Å². The standard InChI is InChI=1S/C16H11F3N2O3/c1-23-15(22)11-4-7-14-20-13(9-21(14)8-11)10-2-5-12(6-3-10)24-16(17,18)19/h2-9H,1H3. The van der Waals surface area contributed by atoms with Gasteiger partial charge in [-0.15, -0.1) is 13.2 Å². The molecule has 0 fully saturated rings. The Morgan fingerprint density at radius 1 is 1.08 bits per heavy atom. The largest absolute Gasteiger partial charge is 0.573 e. The Bertz CT molecular complexity index is 886. The molecule has 0 aliphatic carbocycles. The van der Waals surface area contributed by atoms with Gasteiger partial charge in [-0.1, -0.05) is 0 Å². The van der Waals surface area contributed by atoms with Crippen LogP contribution in [0.25, 0.3) is 16.9 Å². The monoisotopic (exact) mass is 336 g/mol. The van der Waals surface area contributed by atoms with Gasteiger partial charge in [-0.05, 0) is 36.4 Å². The second kappa shape index (κ2) is 5.88. The molecule has 1 aromatic carbocycles. The Balaban J connectivity index is 1.90. The fourth-order valence-electron chi connectivity index (χ4n) is 2.20. The second-order valence-corrected chi connectivity index (χ2v) is 4.87. The number of carbonyl (C=O) groups excluding carboxylic acids is 1. The molecule has 0 atom stereocenters. The first-order valence-corrected chi connectivity index (χ1v) is 6.79. The van der Waals surface area contributed by atoms with Crippen molar-refractivity contribution in [1.82, 2.24) is 9.38 Å². The van der Waals surface area contributed by atoms with Crippen LogP contribution in [0, 0.1) is 0 Å². The van der Waals surface area contributed by atoms with E-state index in [0.717, 1.165) is 0 Å². The number of fused-ring (bicyclic) bond motifs is 1. The summed E-state index contributed by atoms with van der Waals surface area (Å²) in [6.07, 6.45) is -1.49. The van der Waals surface area contributed by atoms with E-state index in [1.807, 2.05) is 0 Å². The van der Waals surface area contributed by atoms with E-state index >= 15 is 0 Å². The topological polar surface area (TPSA) is 52.8 Å². The minimum absolute atomic E-state index is 0.303. The molecular weight excluding hydrogens is 325 g/mol. The first-order chi connectivity index (χ1) is 11.4. The van der Waals surface area contributed by atoms with E-state index in [0.29, 0.717) is 22.5 Å². The number of esters is 1. The molecule has 24 heavy (non-hydrogen) atoms. The van der Waals surface area contributed by atoms with Gasteiger partial charge < -0.3 is 13.9 Å². The molecule has 2 heterocycles. The molecule has 0 N–H and O–H groups in total. The third-order valence-electron chi connectivity index (χ3n) is 3.26. The lowest BCUT2D eigenvalue weighted by atomic mass is 10.2. The maximum absolute atomic E-state index is 12.2. The van der Waals surface area contributed by atoms with Crippen LogP contribution in [0.15, 0.2) is 48.8 Å². The zero-order valence-electron chi connectivity index (χ0n) is 12.4. The number of aromatic nitrogens is 2. The van der Waals surface area contributed by atoms with Crippen molar-refractivity contribution in [3.05, 3.63) is 54.4 Å². The molecule has 0 unspecified atom stereocenters. The molecule has 0 amide bonds. The van der Waals surface area contributed by atoms with E-state index in [1.165, 1.54) is 31.4 Å². The fourth-order valence-corrected chi connectivity index (χ4v) is 2.20. The summed E-state index contributed by atoms with van der Waals surface area (Å²) in [5, 5.41) is 0. The van der Waals surface area contributed by atoms with E-state index in [1.54, 1.807) is 28.9 Å². The average Bonchev–Trinajstić information content (AvgIpc) is 2.96. The first-order valence-electron chi connectivity index (χ1n) is 6.79. The number of ether oxygens (including phenoxy) is 2. The molecule has 0 bridgehead atoms. The fraction of sp³-hybridized carbons (Fsp3) is 0.125. The van der Waals surface area contributed by atoms with Crippen LogP contribution in [-0.4, -0.2) is 28.8 Å². The number of pyridine rings is 1. The predicted molar refractivity (Wildman–Crippen MR) is 78.7 cm³/mol. The van der Waals surface area contributed by atoms with Gasteiger partial charge in [0.15, 0.2) is 0 Å². The van der Waals surface area contributed by atoms with Gasteiger partial charge >= 0.3 is 12.3 Å². The molecular formula is C16H11F3N2O3. The number of nitrogens with zero attached hydrogens (tertiary/aromatic N) is 2. The van der Waals surface area contributed by atoms with E-state index in [-0.39, 0.29) is 5.75 Å². The summed E-state index contributed by atoms with van der Waals surface area (Å²) in [7, 11) is 1.29. The molecule has 8 heteroatoms. The van der Waals surface area contributed by atoms with Crippen LogP contribution in [-0.2, 0) is 4.74 Å². The number of rotatable bonds is 3. The lowest BCUT2D eigenvalue weighted by Gasteiger charge is -2.08. The summed E-state index contributed by atoms with van der Waals surface area (Å²) in [5.41, 5.74) is 2.12. The molecule has 0 saturated carbocycles. The number of hydrogen-bond acceptors (Lipinski definition) is 4. The molecule has 3 rings (SSSR count). The number of methoxy groups -OCH3 is 1. The van der Waals surface area contributed by atoms with Crippen LogP contribution >= 0.6 is 0 Å². The number of imidazole rings is 1. The first kappa shape index (κ1) is 15.9. The van der Waals surface area contributed by atoms with Crippen LogP contribution in [0.4, 0.5) is 13.2 Å². The smallest absolute Gasteiger partial charge is 0.465 e. The highest BCUT2D eigenvalue weighted by Gasteiger charge is 2.30. The van der Waals surface area contributed by atoms with Gasteiger partial charge in [0, 0.05) is 18.0 Å². The minimum Gasteiger partial charge on any atom is -0.465 e. The third-order valence-corrected chi connectivity index (χ3v) is 3.26. The number of hydrogen-bond donors (Lipinski definition) is 0. The zero-order valence-corrected chi connectivity index (χ0v) is 12.4. The maximum Gasteiger partial charge on any atom is 0.573 e. The molecule has 124 valence electrons. The minimum atomic E-state index is -4.73. The normalized spacial score (nSPS) is 11.5. The highest BCUT2D eigenvalue weighted by atomic mass is 19.4. The summed E-state index contributed by atoms with van der Waals surface area (Å²) >= 11 is 0. The van der Waals surface area contributed by atoms with Crippen LogP contribution in [0.3, 0.4) is 0 Å². The van der Waals surface area contributed by atoms with Gasteiger partial charge in [0.2, 0.25) is 0 Å². The summed E-state index contributed by atoms with van der Waals surface area (Å²) < 4.78 is 46.6. The van der Waals surface area contributed by atoms with E-state index in [9.17, 15) is 18.0 Å². The van der Waals surface area contributed by atoms with Crippen LogP contribution in [0.5, 0.6) is 5.75 Å². The van der Waals surface area contributed by atoms with Gasteiger partial charge in [0.1, 0.15) is 11.4 Å². The van der Waals surface area contributed by atoms with Crippen LogP contribution in [0.2, 0.25) is 0 Å². The molecule has 0 radical (unpaired) electrons. The molecule has 0 aliphatic rings. The van der Waals surface area contributed by atoms with Crippen molar-refractivity contribution < 1.29 is 27.4 Å². The molecule has 2 aromatic heterocycles. The SMILES string of the molecule is COC(=O)c1ccc2nc(-c3ccc(OC(F)(F)F)cc3)cn2c1. The van der Waals surface area contributed by atoms with Crippen LogP contribution < -0.4 is 4.74 Å². The van der Waals surface area contributed by atoms with Gasteiger partial charge in [-0.3, -0.25) is 0 Å². The van der Waals surface area contributed by atoms with Crippen molar-refractivity contribution in [2.45, 2.75) is 6.36 Å². The molecule has 3 aromatic rings. The Hall–Kier alpha value is -3.03. The highest BCUT2D eigenvalue weighted by molar-refractivity contribution is 5.89.